The number of hydrogen-bond acceptors (Lipinski definition) is 2. The van der Waals surface area contributed by atoms with E-state index in [-0.39, 0.29) is 5.91 Å². The highest BCUT2D eigenvalue weighted by Crippen LogP contribution is 2.36. The smallest absolute Gasteiger partial charge is 0.341 e. The number of piperidine rings is 1. The molecule has 24 heavy (non-hydrogen) atoms. The predicted octanol–water partition coefficient (Wildman–Crippen LogP) is 3.37. The fourth-order valence-electron chi connectivity index (χ4n) is 3.42. The number of aryl methyl sites for hydroxylation is 1. The van der Waals surface area contributed by atoms with Crippen molar-refractivity contribution in [1.82, 2.24) is 4.90 Å². The molecular weight excluding hydrogens is 317 g/mol. The van der Waals surface area contributed by atoms with Crippen LogP contribution >= 0.6 is 0 Å². The summed E-state index contributed by atoms with van der Waals surface area (Å²) in [6.45, 7) is 1.43. The molecule has 0 radical (unpaired) electrons. The van der Waals surface area contributed by atoms with E-state index in [1.54, 1.807) is 6.07 Å². The van der Waals surface area contributed by atoms with Gasteiger partial charge >= 0.3 is 6.18 Å². The van der Waals surface area contributed by atoms with E-state index >= 15 is 0 Å². The minimum atomic E-state index is -4.30. The van der Waals surface area contributed by atoms with Gasteiger partial charge in [-0.05, 0) is 56.1 Å². The van der Waals surface area contributed by atoms with E-state index in [1.807, 2.05) is 4.90 Å². The maximum absolute atomic E-state index is 12.8. The lowest BCUT2D eigenvalue weighted by Gasteiger charge is -2.34. The fourth-order valence-corrected chi connectivity index (χ4v) is 3.42. The van der Waals surface area contributed by atoms with Crippen molar-refractivity contribution in [3.05, 3.63) is 35.4 Å². The van der Waals surface area contributed by atoms with Crippen LogP contribution in [-0.4, -0.2) is 29.4 Å². The summed E-state index contributed by atoms with van der Waals surface area (Å²) in [5.74, 6) is 0.380. The summed E-state index contributed by atoms with van der Waals surface area (Å²) in [5.41, 5.74) is 5.46. The molecule has 0 unspecified atom stereocenters. The Morgan fingerprint density at radius 1 is 1.33 bits per heavy atom. The van der Waals surface area contributed by atoms with Gasteiger partial charge in [-0.15, -0.1) is 0 Å². The number of likely N-dealkylation sites (tertiary alicyclic amines) is 1. The molecule has 1 aliphatic carbocycles. The van der Waals surface area contributed by atoms with Gasteiger partial charge in [0, 0.05) is 13.1 Å². The average Bonchev–Trinajstić information content (AvgIpc) is 3.31. The SMILES string of the molecule is NC1(C(=O)N2CCC[C@@H](CCc3cccc(C(F)(F)F)c3)C2)CC1. The van der Waals surface area contributed by atoms with E-state index in [2.05, 4.69) is 0 Å². The first kappa shape index (κ1) is 17.3. The van der Waals surface area contributed by atoms with Crippen LogP contribution in [0.4, 0.5) is 13.2 Å². The van der Waals surface area contributed by atoms with Gasteiger partial charge in [-0.2, -0.15) is 13.2 Å². The van der Waals surface area contributed by atoms with Crippen LogP contribution in [0.15, 0.2) is 24.3 Å². The molecule has 3 rings (SSSR count). The lowest BCUT2D eigenvalue weighted by molar-refractivity contribution is -0.137. The van der Waals surface area contributed by atoms with Gasteiger partial charge in [0.15, 0.2) is 0 Å². The molecule has 0 aromatic heterocycles. The van der Waals surface area contributed by atoms with Gasteiger partial charge in [0.25, 0.3) is 0 Å². The second-order valence-corrected chi connectivity index (χ2v) is 7.15. The third kappa shape index (κ3) is 3.91. The van der Waals surface area contributed by atoms with Crippen LogP contribution in [0.1, 0.15) is 43.2 Å². The average molecular weight is 340 g/mol. The summed E-state index contributed by atoms with van der Waals surface area (Å²) >= 11 is 0. The van der Waals surface area contributed by atoms with Crippen molar-refractivity contribution in [3.8, 4) is 0 Å². The molecule has 1 aromatic carbocycles. The predicted molar refractivity (Wildman–Crippen MR) is 85.2 cm³/mol. The number of alkyl halides is 3. The lowest BCUT2D eigenvalue weighted by atomic mass is 9.91. The maximum Gasteiger partial charge on any atom is 0.416 e. The Morgan fingerprint density at radius 3 is 2.75 bits per heavy atom. The van der Waals surface area contributed by atoms with Gasteiger partial charge in [-0.1, -0.05) is 18.2 Å². The zero-order chi connectivity index (χ0) is 17.4. The van der Waals surface area contributed by atoms with Gasteiger partial charge in [0.05, 0.1) is 11.1 Å². The van der Waals surface area contributed by atoms with Crippen LogP contribution in [0, 0.1) is 5.92 Å². The van der Waals surface area contributed by atoms with E-state index in [0.717, 1.165) is 44.7 Å². The van der Waals surface area contributed by atoms with Crippen LogP contribution in [-0.2, 0) is 17.4 Å². The molecule has 1 saturated carbocycles. The first-order valence-corrected chi connectivity index (χ1v) is 8.52. The Morgan fingerprint density at radius 2 is 2.08 bits per heavy atom. The first-order valence-electron chi connectivity index (χ1n) is 8.52. The molecule has 1 atom stereocenters. The van der Waals surface area contributed by atoms with Crippen molar-refractivity contribution in [2.75, 3.05) is 13.1 Å². The summed E-state index contributed by atoms with van der Waals surface area (Å²) in [7, 11) is 0. The molecule has 1 saturated heterocycles. The van der Waals surface area contributed by atoms with Gasteiger partial charge in [0.1, 0.15) is 0 Å². The van der Waals surface area contributed by atoms with Crippen molar-refractivity contribution < 1.29 is 18.0 Å². The monoisotopic (exact) mass is 340 g/mol. The van der Waals surface area contributed by atoms with Crippen LogP contribution in [0.25, 0.3) is 0 Å². The summed E-state index contributed by atoms with van der Waals surface area (Å²) in [4.78, 5) is 14.2. The second-order valence-electron chi connectivity index (χ2n) is 7.15. The standard InChI is InChI=1S/C18H23F3N2O/c19-18(20,21)15-5-1-3-13(11-15)6-7-14-4-2-10-23(12-14)16(24)17(22)8-9-17/h1,3,5,11,14H,2,4,6-10,12,22H2/t14-/m0/s1. The number of hydrogen-bond donors (Lipinski definition) is 1. The summed E-state index contributed by atoms with van der Waals surface area (Å²) in [5, 5.41) is 0. The van der Waals surface area contributed by atoms with Crippen molar-refractivity contribution in [1.29, 1.82) is 0 Å². The number of carbonyl (C=O) groups is 1. The number of nitrogens with zero attached hydrogens (tertiary/aromatic N) is 1. The first-order chi connectivity index (χ1) is 11.3. The van der Waals surface area contributed by atoms with Gasteiger partial charge in [-0.3, -0.25) is 4.79 Å². The third-order valence-corrected chi connectivity index (χ3v) is 5.12. The van der Waals surface area contributed by atoms with E-state index in [1.165, 1.54) is 12.1 Å². The largest absolute Gasteiger partial charge is 0.416 e. The van der Waals surface area contributed by atoms with Gasteiger partial charge in [0.2, 0.25) is 5.91 Å². The van der Waals surface area contributed by atoms with Crippen LogP contribution in [0.3, 0.4) is 0 Å². The zero-order valence-electron chi connectivity index (χ0n) is 13.6. The van der Waals surface area contributed by atoms with Gasteiger partial charge < -0.3 is 10.6 Å². The van der Waals surface area contributed by atoms with Crippen molar-refractivity contribution in [2.24, 2.45) is 11.7 Å². The fraction of sp³-hybridized carbons (Fsp3) is 0.611. The van der Waals surface area contributed by atoms with Crippen LogP contribution in [0.5, 0.6) is 0 Å². The highest BCUT2D eigenvalue weighted by Gasteiger charge is 2.48. The Balaban J connectivity index is 1.56. The maximum atomic E-state index is 12.8. The highest BCUT2D eigenvalue weighted by molar-refractivity contribution is 5.89. The molecule has 3 nitrogen and oxygen atoms in total. The molecule has 0 spiro atoms. The van der Waals surface area contributed by atoms with Gasteiger partial charge in [-0.25, -0.2) is 0 Å². The molecule has 132 valence electrons. The number of carbonyl (C=O) groups excluding carboxylic acids is 1. The van der Waals surface area contributed by atoms with E-state index in [9.17, 15) is 18.0 Å². The number of amides is 1. The quantitative estimate of drug-likeness (QED) is 0.913. The molecule has 1 aromatic rings. The molecule has 2 N–H and O–H groups in total. The summed E-state index contributed by atoms with van der Waals surface area (Å²) < 4.78 is 38.3. The Kier molecular flexibility index (Phi) is 4.60. The Hall–Kier alpha value is -1.56. The molecule has 6 heteroatoms. The molecule has 1 aliphatic heterocycles. The molecule has 1 heterocycles. The van der Waals surface area contributed by atoms with Crippen LogP contribution < -0.4 is 5.73 Å². The van der Waals surface area contributed by atoms with E-state index < -0.39 is 17.3 Å². The minimum absolute atomic E-state index is 0.0475. The zero-order valence-corrected chi connectivity index (χ0v) is 13.6. The topological polar surface area (TPSA) is 46.3 Å². The summed E-state index contributed by atoms with van der Waals surface area (Å²) in [6.07, 6.45) is 0.570. The summed E-state index contributed by atoms with van der Waals surface area (Å²) in [6, 6.07) is 5.52. The minimum Gasteiger partial charge on any atom is -0.341 e. The van der Waals surface area contributed by atoms with Crippen LogP contribution in [0.2, 0.25) is 0 Å². The number of benzene rings is 1. The highest BCUT2D eigenvalue weighted by atomic mass is 19.4. The van der Waals surface area contributed by atoms with Crippen molar-refractivity contribution in [2.45, 2.75) is 50.2 Å². The normalized spacial score (nSPS) is 23.2. The third-order valence-electron chi connectivity index (χ3n) is 5.12. The Labute approximate surface area is 140 Å². The molecular formula is C18H23F3N2O. The van der Waals surface area contributed by atoms with E-state index in [0.29, 0.717) is 24.4 Å². The number of halogens is 3. The number of rotatable bonds is 4. The van der Waals surface area contributed by atoms with Crippen molar-refractivity contribution in [3.63, 3.8) is 0 Å². The van der Waals surface area contributed by atoms with E-state index in [4.69, 9.17) is 5.73 Å². The molecule has 0 bridgehead atoms. The molecule has 2 aliphatic rings. The second kappa shape index (κ2) is 6.39. The lowest BCUT2D eigenvalue weighted by Crippen LogP contribution is -2.49. The number of nitrogens with two attached hydrogens (primary N) is 1. The Bertz CT molecular complexity index is 611. The van der Waals surface area contributed by atoms with Crippen molar-refractivity contribution >= 4 is 5.91 Å². The molecule has 2 fully saturated rings. The molecule has 1 amide bonds.